The van der Waals surface area contributed by atoms with Crippen LogP contribution in [-0.4, -0.2) is 16.6 Å². The van der Waals surface area contributed by atoms with E-state index in [0.29, 0.717) is 6.42 Å². The largest absolute Gasteiger partial charge is 0.396 e. The number of nitrogens with two attached hydrogens (primary N) is 1. The molecule has 1 saturated carbocycles. The topological polar surface area (TPSA) is 89.4 Å². The first kappa shape index (κ1) is 11.0. The molecule has 2 rings (SSSR count). The van der Waals surface area contributed by atoms with Crippen LogP contribution in [0.15, 0.2) is 24.3 Å². The van der Waals surface area contributed by atoms with Crippen LogP contribution < -0.4 is 5.73 Å². The van der Waals surface area contributed by atoms with Crippen molar-refractivity contribution in [3.8, 4) is 0 Å². The van der Waals surface area contributed by atoms with Crippen molar-refractivity contribution in [1.82, 2.24) is 0 Å². The Morgan fingerprint density at radius 1 is 1.62 bits per heavy atom. The number of benzene rings is 1. The van der Waals surface area contributed by atoms with Crippen molar-refractivity contribution in [2.45, 2.75) is 18.4 Å². The Morgan fingerprint density at radius 3 is 3.00 bits per heavy atom. The third kappa shape index (κ3) is 1.79. The monoisotopic (exact) mass is 222 g/mol. The first-order valence-electron chi connectivity index (χ1n) is 5.22. The van der Waals surface area contributed by atoms with Gasteiger partial charge in [0, 0.05) is 24.3 Å². The molecule has 86 valence electrons. The molecule has 0 bridgehead atoms. The van der Waals surface area contributed by atoms with Crippen molar-refractivity contribution in [3.05, 3.63) is 39.9 Å². The quantitative estimate of drug-likeness (QED) is 0.590. The first-order valence-corrected chi connectivity index (χ1v) is 5.22. The molecule has 0 radical (unpaired) electrons. The summed E-state index contributed by atoms with van der Waals surface area (Å²) in [6.45, 7) is 0.110. The molecule has 0 amide bonds. The molecule has 3 N–H and O–H groups in total. The van der Waals surface area contributed by atoms with Crippen LogP contribution in [0.2, 0.25) is 0 Å². The van der Waals surface area contributed by atoms with Gasteiger partial charge in [0.05, 0.1) is 4.92 Å². The van der Waals surface area contributed by atoms with Crippen molar-refractivity contribution in [2.24, 2.45) is 11.7 Å². The Kier molecular flexibility index (Phi) is 2.65. The van der Waals surface area contributed by atoms with Crippen LogP contribution in [0.25, 0.3) is 0 Å². The van der Waals surface area contributed by atoms with Gasteiger partial charge in [-0.25, -0.2) is 0 Å². The predicted molar refractivity (Wildman–Crippen MR) is 58.8 cm³/mol. The fraction of sp³-hybridized carbons (Fsp3) is 0.455. The second-order valence-corrected chi connectivity index (χ2v) is 4.26. The van der Waals surface area contributed by atoms with Gasteiger partial charge in [0.1, 0.15) is 0 Å². The Labute approximate surface area is 93.0 Å². The van der Waals surface area contributed by atoms with Gasteiger partial charge in [0.15, 0.2) is 0 Å². The fourth-order valence-electron chi connectivity index (χ4n) is 2.13. The zero-order valence-electron chi connectivity index (χ0n) is 8.80. The number of nitrogens with zero attached hydrogens (tertiary/aromatic N) is 1. The lowest BCUT2D eigenvalue weighted by Gasteiger charge is -2.11. The third-order valence-corrected chi connectivity index (χ3v) is 3.22. The smallest absolute Gasteiger partial charge is 0.269 e. The van der Waals surface area contributed by atoms with Crippen LogP contribution in [0.1, 0.15) is 18.4 Å². The van der Waals surface area contributed by atoms with E-state index in [0.717, 1.165) is 12.0 Å². The minimum Gasteiger partial charge on any atom is -0.396 e. The van der Waals surface area contributed by atoms with Gasteiger partial charge in [0.2, 0.25) is 0 Å². The van der Waals surface area contributed by atoms with Crippen LogP contribution in [-0.2, 0) is 5.54 Å². The van der Waals surface area contributed by atoms with Crippen molar-refractivity contribution in [3.63, 3.8) is 0 Å². The molecule has 1 aromatic carbocycles. The number of aliphatic hydroxyl groups is 1. The van der Waals surface area contributed by atoms with Crippen molar-refractivity contribution < 1.29 is 10.0 Å². The Morgan fingerprint density at radius 2 is 2.38 bits per heavy atom. The molecule has 0 heterocycles. The Hall–Kier alpha value is -1.46. The normalized spacial score (nSPS) is 27.8. The predicted octanol–water partition coefficient (Wildman–Crippen LogP) is 1.15. The van der Waals surface area contributed by atoms with Crippen LogP contribution in [0.4, 0.5) is 5.69 Å². The van der Waals surface area contributed by atoms with Crippen molar-refractivity contribution in [2.75, 3.05) is 6.61 Å². The number of aliphatic hydroxyl groups excluding tert-OH is 1. The molecular weight excluding hydrogens is 208 g/mol. The molecule has 0 aromatic heterocycles. The summed E-state index contributed by atoms with van der Waals surface area (Å²) in [5.41, 5.74) is 6.51. The van der Waals surface area contributed by atoms with Gasteiger partial charge in [-0.15, -0.1) is 0 Å². The second-order valence-electron chi connectivity index (χ2n) is 4.26. The molecule has 1 aliphatic carbocycles. The van der Waals surface area contributed by atoms with Crippen LogP contribution in [0.3, 0.4) is 0 Å². The molecule has 0 saturated heterocycles. The van der Waals surface area contributed by atoms with Gasteiger partial charge in [-0.2, -0.15) is 0 Å². The highest BCUT2D eigenvalue weighted by Crippen LogP contribution is 2.51. The SMILES string of the molecule is N[C@]1(c2cccc([N+](=O)[O-])c2)C[C@H]1CCO. The third-order valence-electron chi connectivity index (χ3n) is 3.22. The molecule has 1 aromatic rings. The van der Waals surface area contributed by atoms with Crippen molar-refractivity contribution in [1.29, 1.82) is 0 Å². The molecule has 5 heteroatoms. The standard InChI is InChI=1S/C11H14N2O3/c12-11(7-9(11)4-5-14)8-2-1-3-10(6-8)13(15)16/h1-3,6,9,14H,4-5,7,12H2/t9-,11+/m1/s1. The van der Waals surface area contributed by atoms with Gasteiger partial charge in [-0.05, 0) is 24.3 Å². The summed E-state index contributed by atoms with van der Waals surface area (Å²) < 4.78 is 0. The van der Waals surface area contributed by atoms with E-state index in [1.807, 2.05) is 6.07 Å². The van der Waals surface area contributed by atoms with Crippen LogP contribution >= 0.6 is 0 Å². The number of nitro benzene ring substituents is 1. The first-order chi connectivity index (χ1) is 7.58. The maximum atomic E-state index is 10.6. The van der Waals surface area contributed by atoms with Crippen LogP contribution in [0.5, 0.6) is 0 Å². The lowest BCUT2D eigenvalue weighted by atomic mass is 10.0. The highest BCUT2D eigenvalue weighted by molar-refractivity contribution is 5.41. The molecule has 2 atom stereocenters. The number of non-ortho nitro benzene ring substituents is 1. The Balaban J connectivity index is 2.22. The minimum absolute atomic E-state index is 0.0666. The molecule has 0 spiro atoms. The van der Waals surface area contributed by atoms with Gasteiger partial charge >= 0.3 is 0 Å². The van der Waals surface area contributed by atoms with E-state index in [4.69, 9.17) is 10.8 Å². The number of nitro groups is 1. The maximum Gasteiger partial charge on any atom is 0.269 e. The van der Waals surface area contributed by atoms with E-state index < -0.39 is 10.5 Å². The van der Waals surface area contributed by atoms with Gasteiger partial charge < -0.3 is 10.8 Å². The zero-order valence-corrected chi connectivity index (χ0v) is 8.80. The molecule has 1 fully saturated rings. The van der Waals surface area contributed by atoms with E-state index in [1.165, 1.54) is 12.1 Å². The lowest BCUT2D eigenvalue weighted by Crippen LogP contribution is -2.22. The maximum absolute atomic E-state index is 10.6. The molecule has 1 aliphatic rings. The van der Waals surface area contributed by atoms with Crippen molar-refractivity contribution >= 4 is 5.69 Å². The summed E-state index contributed by atoms with van der Waals surface area (Å²) in [5, 5.41) is 19.5. The average Bonchev–Trinajstić information content (AvgIpc) is 2.92. The van der Waals surface area contributed by atoms with Gasteiger partial charge in [-0.3, -0.25) is 10.1 Å². The van der Waals surface area contributed by atoms with E-state index in [2.05, 4.69) is 0 Å². The number of hydrogen-bond acceptors (Lipinski definition) is 4. The molecular formula is C11H14N2O3. The average molecular weight is 222 g/mol. The summed E-state index contributed by atoms with van der Waals surface area (Å²) in [4.78, 5) is 10.2. The Bertz CT molecular complexity index is 421. The molecule has 0 unspecified atom stereocenters. The summed E-state index contributed by atoms with van der Waals surface area (Å²) in [7, 11) is 0. The lowest BCUT2D eigenvalue weighted by molar-refractivity contribution is -0.384. The molecule has 16 heavy (non-hydrogen) atoms. The molecule has 5 nitrogen and oxygen atoms in total. The van der Waals surface area contributed by atoms with E-state index in [-0.39, 0.29) is 18.2 Å². The fourth-order valence-corrected chi connectivity index (χ4v) is 2.13. The van der Waals surface area contributed by atoms with E-state index in [1.54, 1.807) is 6.07 Å². The highest BCUT2D eigenvalue weighted by atomic mass is 16.6. The molecule has 0 aliphatic heterocycles. The second kappa shape index (κ2) is 3.84. The van der Waals surface area contributed by atoms with Gasteiger partial charge in [-0.1, -0.05) is 12.1 Å². The minimum atomic E-state index is -0.477. The summed E-state index contributed by atoms with van der Waals surface area (Å²) >= 11 is 0. The van der Waals surface area contributed by atoms with E-state index in [9.17, 15) is 10.1 Å². The summed E-state index contributed by atoms with van der Waals surface area (Å²) in [6, 6.07) is 6.44. The van der Waals surface area contributed by atoms with E-state index >= 15 is 0 Å². The van der Waals surface area contributed by atoms with Crippen LogP contribution in [0, 0.1) is 16.0 Å². The number of rotatable bonds is 4. The number of hydrogen-bond donors (Lipinski definition) is 2. The highest BCUT2D eigenvalue weighted by Gasteiger charge is 2.51. The zero-order chi connectivity index (χ0) is 11.8. The summed E-state index contributed by atoms with van der Waals surface area (Å²) in [5.74, 6) is 0.236. The summed E-state index contributed by atoms with van der Waals surface area (Å²) in [6.07, 6.45) is 1.44. The van der Waals surface area contributed by atoms with Gasteiger partial charge in [0.25, 0.3) is 5.69 Å².